The van der Waals surface area contributed by atoms with Crippen LogP contribution in [0.1, 0.15) is 38.4 Å². The zero-order chi connectivity index (χ0) is 11.8. The molecule has 1 fully saturated rings. The van der Waals surface area contributed by atoms with Crippen LogP contribution in [0.15, 0.2) is 18.3 Å². The predicted octanol–water partition coefficient (Wildman–Crippen LogP) is 2.80. The first-order valence-corrected chi connectivity index (χ1v) is 5.99. The lowest BCUT2D eigenvalue weighted by Gasteiger charge is -2.03. The van der Waals surface area contributed by atoms with Gasteiger partial charge in [0.15, 0.2) is 0 Å². The standard InChI is InChI=1S/C14H19NO/c1-4-10-5-6-11(15-9-10)7-13(16)12-8-14(12,2)3/h5-6,9,12H,4,7-8H2,1-3H3. The molecule has 86 valence electrons. The minimum atomic E-state index is 0.237. The van der Waals surface area contributed by atoms with Crippen LogP contribution < -0.4 is 0 Å². The van der Waals surface area contributed by atoms with E-state index in [9.17, 15) is 4.79 Å². The van der Waals surface area contributed by atoms with Crippen molar-refractivity contribution in [2.45, 2.75) is 40.0 Å². The highest BCUT2D eigenvalue weighted by atomic mass is 16.1. The molecule has 0 bridgehead atoms. The summed E-state index contributed by atoms with van der Waals surface area (Å²) >= 11 is 0. The van der Waals surface area contributed by atoms with Gasteiger partial charge in [0.2, 0.25) is 0 Å². The number of pyridine rings is 1. The molecule has 1 aromatic rings. The number of hydrogen-bond donors (Lipinski definition) is 0. The van der Waals surface area contributed by atoms with Crippen molar-refractivity contribution in [1.29, 1.82) is 0 Å². The molecule has 1 aliphatic rings. The van der Waals surface area contributed by atoms with E-state index in [1.807, 2.05) is 12.3 Å². The van der Waals surface area contributed by atoms with Crippen LogP contribution in [0.2, 0.25) is 0 Å². The molecule has 0 aliphatic heterocycles. The molecule has 1 aliphatic carbocycles. The lowest BCUT2D eigenvalue weighted by molar-refractivity contribution is -0.120. The molecule has 1 heterocycles. The number of Topliss-reactive ketones (excluding diaryl/α,β-unsaturated/α-hetero) is 1. The van der Waals surface area contributed by atoms with Gasteiger partial charge in [0.05, 0.1) is 0 Å². The van der Waals surface area contributed by atoms with Crippen LogP contribution in [-0.2, 0) is 17.6 Å². The Labute approximate surface area is 97.1 Å². The lowest BCUT2D eigenvalue weighted by Crippen LogP contribution is -2.10. The molecule has 1 aromatic heterocycles. The summed E-state index contributed by atoms with van der Waals surface area (Å²) in [6.07, 6.45) is 4.41. The average molecular weight is 217 g/mol. The average Bonchev–Trinajstić information content (AvgIpc) is 2.89. The second kappa shape index (κ2) is 4.00. The third kappa shape index (κ3) is 2.31. The Morgan fingerprint density at radius 1 is 1.50 bits per heavy atom. The molecule has 0 radical (unpaired) electrons. The Hall–Kier alpha value is -1.18. The zero-order valence-electron chi connectivity index (χ0n) is 10.3. The van der Waals surface area contributed by atoms with Crippen LogP contribution in [0.5, 0.6) is 0 Å². The summed E-state index contributed by atoms with van der Waals surface area (Å²) < 4.78 is 0. The van der Waals surface area contributed by atoms with Gasteiger partial charge in [-0.25, -0.2) is 0 Å². The number of aromatic nitrogens is 1. The van der Waals surface area contributed by atoms with Crippen LogP contribution in [0, 0.1) is 11.3 Å². The molecule has 1 unspecified atom stereocenters. The first-order chi connectivity index (χ1) is 7.53. The van der Waals surface area contributed by atoms with Gasteiger partial charge >= 0.3 is 0 Å². The van der Waals surface area contributed by atoms with E-state index in [-0.39, 0.29) is 11.3 Å². The summed E-state index contributed by atoms with van der Waals surface area (Å²) in [4.78, 5) is 16.2. The molecule has 2 rings (SSSR count). The Morgan fingerprint density at radius 2 is 2.19 bits per heavy atom. The van der Waals surface area contributed by atoms with Gasteiger partial charge in [0.1, 0.15) is 5.78 Å². The summed E-state index contributed by atoms with van der Waals surface area (Å²) in [7, 11) is 0. The van der Waals surface area contributed by atoms with Crippen LogP contribution in [0.25, 0.3) is 0 Å². The SMILES string of the molecule is CCc1ccc(CC(=O)C2CC2(C)C)nc1. The van der Waals surface area contributed by atoms with E-state index in [1.165, 1.54) is 5.56 Å². The van der Waals surface area contributed by atoms with Gasteiger partial charge in [-0.3, -0.25) is 9.78 Å². The number of rotatable bonds is 4. The smallest absolute Gasteiger partial charge is 0.142 e. The van der Waals surface area contributed by atoms with Gasteiger partial charge in [0, 0.05) is 24.2 Å². The second-order valence-corrected chi connectivity index (χ2v) is 5.40. The van der Waals surface area contributed by atoms with E-state index in [4.69, 9.17) is 0 Å². The van der Waals surface area contributed by atoms with E-state index in [0.29, 0.717) is 12.2 Å². The molecule has 1 saturated carbocycles. The predicted molar refractivity (Wildman–Crippen MR) is 64.2 cm³/mol. The summed E-state index contributed by atoms with van der Waals surface area (Å²) in [5.74, 6) is 0.613. The fourth-order valence-electron chi connectivity index (χ4n) is 2.09. The zero-order valence-corrected chi connectivity index (χ0v) is 10.3. The number of ketones is 1. The normalized spacial score (nSPS) is 21.8. The van der Waals surface area contributed by atoms with Crippen molar-refractivity contribution in [3.8, 4) is 0 Å². The molecule has 0 spiro atoms. The van der Waals surface area contributed by atoms with E-state index in [1.54, 1.807) is 0 Å². The van der Waals surface area contributed by atoms with Gasteiger partial charge in [-0.1, -0.05) is 26.8 Å². The fourth-order valence-corrected chi connectivity index (χ4v) is 2.09. The van der Waals surface area contributed by atoms with Crippen molar-refractivity contribution in [3.63, 3.8) is 0 Å². The van der Waals surface area contributed by atoms with Crippen molar-refractivity contribution in [3.05, 3.63) is 29.6 Å². The molecule has 0 amide bonds. The van der Waals surface area contributed by atoms with Crippen molar-refractivity contribution in [2.24, 2.45) is 11.3 Å². The first kappa shape index (κ1) is 11.3. The number of carbonyl (C=O) groups excluding carboxylic acids is 1. The minimum absolute atomic E-state index is 0.237. The van der Waals surface area contributed by atoms with Gasteiger partial charge in [-0.05, 0) is 29.9 Å². The topological polar surface area (TPSA) is 30.0 Å². The molecule has 0 saturated heterocycles. The molecule has 2 heteroatoms. The summed E-state index contributed by atoms with van der Waals surface area (Å²) in [5.41, 5.74) is 2.37. The highest BCUT2D eigenvalue weighted by Gasteiger charge is 2.49. The van der Waals surface area contributed by atoms with Crippen LogP contribution in [0.4, 0.5) is 0 Å². The minimum Gasteiger partial charge on any atom is -0.299 e. The molecule has 16 heavy (non-hydrogen) atoms. The summed E-state index contributed by atoms with van der Waals surface area (Å²) in [5, 5.41) is 0. The Balaban J connectivity index is 1.96. The maximum Gasteiger partial charge on any atom is 0.142 e. The third-order valence-corrected chi connectivity index (χ3v) is 3.55. The molecule has 0 aromatic carbocycles. The largest absolute Gasteiger partial charge is 0.299 e. The number of carbonyl (C=O) groups is 1. The Bertz CT molecular complexity index is 392. The molecular formula is C14H19NO. The van der Waals surface area contributed by atoms with Crippen LogP contribution in [-0.4, -0.2) is 10.8 Å². The Morgan fingerprint density at radius 3 is 2.62 bits per heavy atom. The molecule has 1 atom stereocenters. The van der Waals surface area contributed by atoms with E-state index in [2.05, 4.69) is 31.8 Å². The van der Waals surface area contributed by atoms with Gasteiger partial charge in [0.25, 0.3) is 0 Å². The summed E-state index contributed by atoms with van der Waals surface area (Å²) in [6.45, 7) is 6.42. The van der Waals surface area contributed by atoms with Gasteiger partial charge in [-0.15, -0.1) is 0 Å². The molecule has 0 N–H and O–H groups in total. The van der Waals surface area contributed by atoms with Crippen LogP contribution in [0.3, 0.4) is 0 Å². The molecular weight excluding hydrogens is 198 g/mol. The van der Waals surface area contributed by atoms with E-state index in [0.717, 1.165) is 18.5 Å². The maximum absolute atomic E-state index is 11.9. The quantitative estimate of drug-likeness (QED) is 0.776. The van der Waals surface area contributed by atoms with Crippen molar-refractivity contribution < 1.29 is 4.79 Å². The number of hydrogen-bond acceptors (Lipinski definition) is 2. The monoisotopic (exact) mass is 217 g/mol. The van der Waals surface area contributed by atoms with Crippen molar-refractivity contribution in [1.82, 2.24) is 4.98 Å². The van der Waals surface area contributed by atoms with E-state index < -0.39 is 0 Å². The number of aryl methyl sites for hydroxylation is 1. The second-order valence-electron chi connectivity index (χ2n) is 5.40. The fraction of sp³-hybridized carbons (Fsp3) is 0.571. The van der Waals surface area contributed by atoms with E-state index >= 15 is 0 Å². The number of nitrogens with zero attached hydrogens (tertiary/aromatic N) is 1. The van der Waals surface area contributed by atoms with Crippen molar-refractivity contribution in [2.75, 3.05) is 0 Å². The molecule has 2 nitrogen and oxygen atoms in total. The summed E-state index contributed by atoms with van der Waals surface area (Å²) in [6, 6.07) is 4.04. The van der Waals surface area contributed by atoms with Gasteiger partial charge < -0.3 is 0 Å². The third-order valence-electron chi connectivity index (χ3n) is 3.55. The highest BCUT2D eigenvalue weighted by molar-refractivity contribution is 5.86. The van der Waals surface area contributed by atoms with Crippen LogP contribution >= 0.6 is 0 Å². The Kier molecular flexibility index (Phi) is 2.83. The van der Waals surface area contributed by atoms with Gasteiger partial charge in [-0.2, -0.15) is 0 Å². The lowest BCUT2D eigenvalue weighted by atomic mass is 10.0. The maximum atomic E-state index is 11.9. The first-order valence-electron chi connectivity index (χ1n) is 5.99. The van der Waals surface area contributed by atoms with Crippen molar-refractivity contribution >= 4 is 5.78 Å². The highest BCUT2D eigenvalue weighted by Crippen LogP contribution is 2.52.